The zero-order valence-corrected chi connectivity index (χ0v) is 12.9. The molecule has 0 radical (unpaired) electrons. The Hall–Kier alpha value is -1.15. The molecule has 1 N–H and O–H groups in total. The van der Waals surface area contributed by atoms with Crippen molar-refractivity contribution in [3.05, 3.63) is 35.9 Å². The summed E-state index contributed by atoms with van der Waals surface area (Å²) in [5.41, 5.74) is -0.575. The fourth-order valence-corrected chi connectivity index (χ4v) is 2.51. The third-order valence-corrected chi connectivity index (χ3v) is 3.99. The summed E-state index contributed by atoms with van der Waals surface area (Å²) in [6.07, 6.45) is 8.06. The monoisotopic (exact) mass is 276 g/mol. The average Bonchev–Trinajstić information content (AvgIpc) is 2.50. The maximum atomic E-state index is 12.4. The van der Waals surface area contributed by atoms with Gasteiger partial charge in [-0.05, 0) is 12.8 Å². The first-order chi connectivity index (χ1) is 9.64. The lowest BCUT2D eigenvalue weighted by atomic mass is 9.85. The standard InChI is InChI=1S/C18H28O2/c1-3-5-6-7-8-12-15-18(20,4-2)17(19)16-13-10-9-11-14-16/h9-11,13-14,20H,3-8,12,15H2,1-2H3. The van der Waals surface area contributed by atoms with Crippen LogP contribution in [0.5, 0.6) is 0 Å². The van der Waals surface area contributed by atoms with E-state index in [2.05, 4.69) is 6.92 Å². The number of ketones is 1. The summed E-state index contributed by atoms with van der Waals surface area (Å²) in [5.74, 6) is -0.130. The van der Waals surface area contributed by atoms with Gasteiger partial charge in [0.15, 0.2) is 5.78 Å². The van der Waals surface area contributed by atoms with Gasteiger partial charge in [0.05, 0.1) is 0 Å². The van der Waals surface area contributed by atoms with E-state index in [1.165, 1.54) is 25.7 Å². The van der Waals surface area contributed by atoms with Gasteiger partial charge < -0.3 is 5.11 Å². The summed E-state index contributed by atoms with van der Waals surface area (Å²) in [6.45, 7) is 4.09. The highest BCUT2D eigenvalue weighted by atomic mass is 16.3. The number of rotatable bonds is 10. The maximum Gasteiger partial charge on any atom is 0.194 e. The van der Waals surface area contributed by atoms with Crippen LogP contribution >= 0.6 is 0 Å². The normalized spacial score (nSPS) is 13.9. The van der Waals surface area contributed by atoms with Crippen molar-refractivity contribution in [1.82, 2.24) is 0 Å². The highest BCUT2D eigenvalue weighted by Gasteiger charge is 2.33. The Balaban J connectivity index is 2.48. The van der Waals surface area contributed by atoms with Crippen LogP contribution in [0.15, 0.2) is 30.3 Å². The molecule has 0 aromatic heterocycles. The SMILES string of the molecule is CCCCCCCCC(O)(CC)C(=O)c1ccccc1. The summed E-state index contributed by atoms with van der Waals surface area (Å²) in [6, 6.07) is 9.13. The van der Waals surface area contributed by atoms with Crippen LogP contribution < -0.4 is 0 Å². The fourth-order valence-electron chi connectivity index (χ4n) is 2.51. The Morgan fingerprint density at radius 1 is 1.00 bits per heavy atom. The summed E-state index contributed by atoms with van der Waals surface area (Å²) in [5, 5.41) is 10.6. The molecule has 0 bridgehead atoms. The molecular formula is C18H28O2. The third-order valence-electron chi connectivity index (χ3n) is 3.99. The predicted octanol–water partition coefficient (Wildman–Crippen LogP) is 4.76. The molecule has 1 aromatic rings. The predicted molar refractivity (Wildman–Crippen MR) is 84.0 cm³/mol. The lowest BCUT2D eigenvalue weighted by molar-refractivity contribution is 0.0238. The van der Waals surface area contributed by atoms with Gasteiger partial charge in [0.25, 0.3) is 0 Å². The van der Waals surface area contributed by atoms with Crippen LogP contribution in [-0.2, 0) is 0 Å². The quantitative estimate of drug-likeness (QED) is 0.494. The third kappa shape index (κ3) is 5.09. The van der Waals surface area contributed by atoms with Crippen molar-refractivity contribution in [2.45, 2.75) is 70.8 Å². The number of carbonyl (C=O) groups is 1. The maximum absolute atomic E-state index is 12.4. The largest absolute Gasteiger partial charge is 0.382 e. The molecule has 1 unspecified atom stereocenters. The van der Waals surface area contributed by atoms with Crippen molar-refractivity contribution in [3.63, 3.8) is 0 Å². The Bertz CT molecular complexity index is 386. The van der Waals surface area contributed by atoms with E-state index in [-0.39, 0.29) is 5.78 Å². The molecule has 2 nitrogen and oxygen atoms in total. The first-order valence-electron chi connectivity index (χ1n) is 7.96. The van der Waals surface area contributed by atoms with Gasteiger partial charge in [-0.2, -0.15) is 0 Å². The van der Waals surface area contributed by atoms with Gasteiger partial charge in [0.1, 0.15) is 5.60 Å². The van der Waals surface area contributed by atoms with Crippen LogP contribution in [0.1, 0.15) is 75.6 Å². The molecule has 112 valence electrons. The lowest BCUT2D eigenvalue weighted by Gasteiger charge is -2.25. The highest BCUT2D eigenvalue weighted by Crippen LogP contribution is 2.24. The Labute approximate surface area is 123 Å². The molecule has 1 rings (SSSR count). The van der Waals surface area contributed by atoms with Crippen LogP contribution in [0.3, 0.4) is 0 Å². The zero-order valence-electron chi connectivity index (χ0n) is 12.9. The van der Waals surface area contributed by atoms with Crippen LogP contribution in [-0.4, -0.2) is 16.5 Å². The number of benzene rings is 1. The Morgan fingerprint density at radius 3 is 2.20 bits per heavy atom. The van der Waals surface area contributed by atoms with E-state index in [9.17, 15) is 9.90 Å². The minimum absolute atomic E-state index is 0.130. The lowest BCUT2D eigenvalue weighted by Crippen LogP contribution is -2.38. The molecule has 0 saturated heterocycles. The number of carbonyl (C=O) groups excluding carboxylic acids is 1. The van der Waals surface area contributed by atoms with Crippen LogP contribution in [0, 0.1) is 0 Å². The summed E-state index contributed by atoms with van der Waals surface area (Å²) >= 11 is 0. The second kappa shape index (κ2) is 8.91. The molecule has 1 atom stereocenters. The molecule has 0 fully saturated rings. The van der Waals surface area contributed by atoms with Crippen LogP contribution in [0.25, 0.3) is 0 Å². The summed E-state index contributed by atoms with van der Waals surface area (Å²) < 4.78 is 0. The number of hydrogen-bond donors (Lipinski definition) is 1. The van der Waals surface area contributed by atoms with E-state index >= 15 is 0 Å². The first-order valence-corrected chi connectivity index (χ1v) is 7.96. The topological polar surface area (TPSA) is 37.3 Å². The molecule has 0 aliphatic rings. The molecule has 0 heterocycles. The molecule has 1 aromatic carbocycles. The van der Waals surface area contributed by atoms with Crippen LogP contribution in [0.4, 0.5) is 0 Å². The van der Waals surface area contributed by atoms with Gasteiger partial charge in [0, 0.05) is 5.56 Å². The minimum atomic E-state index is -1.19. The molecule has 0 amide bonds. The molecule has 20 heavy (non-hydrogen) atoms. The smallest absolute Gasteiger partial charge is 0.194 e. The Morgan fingerprint density at radius 2 is 1.60 bits per heavy atom. The van der Waals surface area contributed by atoms with Gasteiger partial charge in [-0.25, -0.2) is 0 Å². The van der Waals surface area contributed by atoms with Crippen molar-refractivity contribution >= 4 is 5.78 Å². The first kappa shape index (κ1) is 16.9. The van der Waals surface area contributed by atoms with E-state index in [0.29, 0.717) is 18.4 Å². The van der Waals surface area contributed by atoms with E-state index < -0.39 is 5.60 Å². The van der Waals surface area contributed by atoms with Gasteiger partial charge >= 0.3 is 0 Å². The molecular weight excluding hydrogens is 248 g/mol. The van der Waals surface area contributed by atoms with Gasteiger partial charge in [-0.3, -0.25) is 4.79 Å². The van der Waals surface area contributed by atoms with Crippen LogP contribution in [0.2, 0.25) is 0 Å². The summed E-state index contributed by atoms with van der Waals surface area (Å²) in [4.78, 5) is 12.4. The fraction of sp³-hybridized carbons (Fsp3) is 0.611. The van der Waals surface area contributed by atoms with E-state index in [4.69, 9.17) is 0 Å². The molecule has 2 heteroatoms. The van der Waals surface area contributed by atoms with Gasteiger partial charge in [0.2, 0.25) is 0 Å². The van der Waals surface area contributed by atoms with E-state index in [1.807, 2.05) is 25.1 Å². The second-order valence-electron chi connectivity index (χ2n) is 5.60. The van der Waals surface area contributed by atoms with Crippen molar-refractivity contribution in [3.8, 4) is 0 Å². The average molecular weight is 276 g/mol. The van der Waals surface area contributed by atoms with Crippen molar-refractivity contribution in [2.24, 2.45) is 0 Å². The molecule has 0 spiro atoms. The zero-order chi connectivity index (χ0) is 14.8. The molecule has 0 saturated carbocycles. The molecule has 0 aliphatic heterocycles. The molecule has 0 aliphatic carbocycles. The second-order valence-corrected chi connectivity index (χ2v) is 5.60. The van der Waals surface area contributed by atoms with Crippen molar-refractivity contribution in [2.75, 3.05) is 0 Å². The summed E-state index contributed by atoms with van der Waals surface area (Å²) in [7, 11) is 0. The number of aliphatic hydroxyl groups is 1. The van der Waals surface area contributed by atoms with E-state index in [0.717, 1.165) is 12.8 Å². The minimum Gasteiger partial charge on any atom is -0.382 e. The van der Waals surface area contributed by atoms with Gasteiger partial charge in [-0.15, -0.1) is 0 Å². The van der Waals surface area contributed by atoms with Crippen molar-refractivity contribution < 1.29 is 9.90 Å². The number of Topliss-reactive ketones (excluding diaryl/α,β-unsaturated/α-hetero) is 1. The number of unbranched alkanes of at least 4 members (excludes halogenated alkanes) is 5. The highest BCUT2D eigenvalue weighted by molar-refractivity contribution is 6.02. The van der Waals surface area contributed by atoms with Gasteiger partial charge in [-0.1, -0.05) is 82.7 Å². The van der Waals surface area contributed by atoms with E-state index in [1.54, 1.807) is 12.1 Å². The van der Waals surface area contributed by atoms with Crippen molar-refractivity contribution in [1.29, 1.82) is 0 Å². The number of hydrogen-bond acceptors (Lipinski definition) is 2. The Kier molecular flexibility index (Phi) is 7.53.